The van der Waals surface area contributed by atoms with Gasteiger partial charge in [-0.3, -0.25) is 4.98 Å². The van der Waals surface area contributed by atoms with Gasteiger partial charge < -0.3 is 4.74 Å². The number of pyridine rings is 1. The van der Waals surface area contributed by atoms with E-state index in [0.717, 1.165) is 37.9 Å². The van der Waals surface area contributed by atoms with Crippen LogP contribution >= 0.6 is 0 Å². The van der Waals surface area contributed by atoms with Gasteiger partial charge in [-0.1, -0.05) is 59.8 Å². The van der Waals surface area contributed by atoms with Crippen LogP contribution in [0.25, 0.3) is 11.3 Å². The van der Waals surface area contributed by atoms with Crippen molar-refractivity contribution in [1.82, 2.24) is 4.98 Å². The van der Waals surface area contributed by atoms with Crippen LogP contribution in [0.1, 0.15) is 99.7 Å². The standard InChI is InChI=1S/C28H43NO/c1-8-12-13-14-15-17-26-21(6)20(5)25(16-9-2)28(29-26)23-18-22(10-3)24(11-4)27(19-23)30-7/h18-19H,8-17H2,1-7H3. The van der Waals surface area contributed by atoms with Gasteiger partial charge in [-0.2, -0.15) is 0 Å². The summed E-state index contributed by atoms with van der Waals surface area (Å²) in [5.74, 6) is 1.01. The molecule has 0 N–H and O–H groups in total. The summed E-state index contributed by atoms with van der Waals surface area (Å²) in [6.07, 6.45) is 11.8. The summed E-state index contributed by atoms with van der Waals surface area (Å²) in [5, 5.41) is 0. The molecule has 1 aromatic heterocycles. The average Bonchev–Trinajstić information content (AvgIpc) is 2.77. The van der Waals surface area contributed by atoms with Gasteiger partial charge in [0.2, 0.25) is 0 Å². The van der Waals surface area contributed by atoms with E-state index in [4.69, 9.17) is 9.72 Å². The third-order valence-corrected chi connectivity index (χ3v) is 6.53. The van der Waals surface area contributed by atoms with Crippen molar-refractivity contribution in [1.29, 1.82) is 0 Å². The Bertz CT molecular complexity index is 797. The van der Waals surface area contributed by atoms with E-state index in [2.05, 4.69) is 53.7 Å². The Morgan fingerprint density at radius 2 is 1.50 bits per heavy atom. The molecule has 0 bridgehead atoms. The second kappa shape index (κ2) is 12.1. The SMILES string of the molecule is CCCCCCCc1nc(-c2cc(CC)c(CC)c(OC)c2)c(CCC)c(C)c1C. The highest BCUT2D eigenvalue weighted by atomic mass is 16.5. The minimum atomic E-state index is 0.998. The van der Waals surface area contributed by atoms with E-state index in [1.165, 1.54) is 76.9 Å². The van der Waals surface area contributed by atoms with E-state index in [9.17, 15) is 0 Å². The molecule has 0 amide bonds. The third kappa shape index (κ3) is 5.65. The lowest BCUT2D eigenvalue weighted by molar-refractivity contribution is 0.409. The molecule has 1 aromatic carbocycles. The molecule has 2 heteroatoms. The normalized spacial score (nSPS) is 11.2. The van der Waals surface area contributed by atoms with Crippen molar-refractivity contribution in [3.63, 3.8) is 0 Å². The van der Waals surface area contributed by atoms with Crippen LogP contribution in [0, 0.1) is 13.8 Å². The first-order valence-corrected chi connectivity index (χ1v) is 12.2. The minimum Gasteiger partial charge on any atom is -0.496 e. The van der Waals surface area contributed by atoms with Gasteiger partial charge in [0, 0.05) is 11.3 Å². The van der Waals surface area contributed by atoms with E-state index >= 15 is 0 Å². The molecule has 0 aliphatic heterocycles. The number of rotatable bonds is 12. The lowest BCUT2D eigenvalue weighted by atomic mass is 9.90. The topological polar surface area (TPSA) is 22.1 Å². The first-order valence-electron chi connectivity index (χ1n) is 12.2. The number of methoxy groups -OCH3 is 1. The molecule has 1 heterocycles. The summed E-state index contributed by atoms with van der Waals surface area (Å²) in [6, 6.07) is 4.59. The molecule has 0 aliphatic rings. The number of nitrogens with zero attached hydrogens (tertiary/aromatic N) is 1. The molecule has 0 saturated heterocycles. The van der Waals surface area contributed by atoms with Gasteiger partial charge in [0.05, 0.1) is 12.8 Å². The molecule has 0 saturated carbocycles. The molecule has 0 unspecified atom stereocenters. The van der Waals surface area contributed by atoms with Gasteiger partial charge in [0.1, 0.15) is 5.75 Å². The zero-order valence-corrected chi connectivity index (χ0v) is 20.6. The van der Waals surface area contributed by atoms with Gasteiger partial charge >= 0.3 is 0 Å². The van der Waals surface area contributed by atoms with Crippen LogP contribution in [0.3, 0.4) is 0 Å². The third-order valence-electron chi connectivity index (χ3n) is 6.53. The van der Waals surface area contributed by atoms with Crippen LogP contribution in [0.4, 0.5) is 0 Å². The van der Waals surface area contributed by atoms with Crippen molar-refractivity contribution in [2.75, 3.05) is 7.11 Å². The molecule has 0 fully saturated rings. The smallest absolute Gasteiger partial charge is 0.122 e. The number of aryl methyl sites for hydroxylation is 2. The Morgan fingerprint density at radius 1 is 0.767 bits per heavy atom. The number of benzene rings is 1. The average molecular weight is 410 g/mol. The molecule has 166 valence electrons. The Hall–Kier alpha value is -1.83. The molecule has 2 nitrogen and oxygen atoms in total. The zero-order chi connectivity index (χ0) is 22.1. The van der Waals surface area contributed by atoms with Gasteiger partial charge in [0.25, 0.3) is 0 Å². The van der Waals surface area contributed by atoms with Crippen molar-refractivity contribution >= 4 is 0 Å². The molecule has 0 atom stereocenters. The van der Waals surface area contributed by atoms with Crippen molar-refractivity contribution in [3.8, 4) is 17.0 Å². The Balaban J connectivity index is 2.54. The molecule has 0 radical (unpaired) electrons. The summed E-state index contributed by atoms with van der Waals surface area (Å²) in [6.45, 7) is 13.6. The van der Waals surface area contributed by atoms with Crippen molar-refractivity contribution < 1.29 is 4.74 Å². The van der Waals surface area contributed by atoms with Crippen LogP contribution in [-0.2, 0) is 25.7 Å². The number of hydrogen-bond acceptors (Lipinski definition) is 2. The van der Waals surface area contributed by atoms with Crippen LogP contribution in [0.15, 0.2) is 12.1 Å². The highest BCUT2D eigenvalue weighted by molar-refractivity contribution is 5.70. The van der Waals surface area contributed by atoms with Crippen LogP contribution < -0.4 is 4.74 Å². The van der Waals surface area contributed by atoms with Gasteiger partial charge in [-0.05, 0) is 85.9 Å². The first kappa shape index (κ1) is 24.4. The number of aromatic nitrogens is 1. The molecular formula is C28H43NO. The van der Waals surface area contributed by atoms with Crippen LogP contribution in [0.5, 0.6) is 5.75 Å². The Labute approximate surface area is 185 Å². The second-order valence-electron chi connectivity index (χ2n) is 8.57. The number of ether oxygens (including phenoxy) is 1. The maximum Gasteiger partial charge on any atom is 0.122 e. The molecular weight excluding hydrogens is 366 g/mol. The van der Waals surface area contributed by atoms with E-state index in [1.807, 2.05) is 0 Å². The number of hydrogen-bond donors (Lipinski definition) is 0. The zero-order valence-electron chi connectivity index (χ0n) is 20.6. The quantitative estimate of drug-likeness (QED) is 0.332. The fraction of sp³-hybridized carbons (Fsp3) is 0.607. The van der Waals surface area contributed by atoms with Gasteiger partial charge in [0.15, 0.2) is 0 Å². The Kier molecular flexibility index (Phi) is 9.88. The second-order valence-corrected chi connectivity index (χ2v) is 8.57. The molecule has 0 spiro atoms. The summed E-state index contributed by atoms with van der Waals surface area (Å²) >= 11 is 0. The van der Waals surface area contributed by atoms with Gasteiger partial charge in [-0.25, -0.2) is 0 Å². The summed E-state index contributed by atoms with van der Waals surface area (Å²) < 4.78 is 5.80. The summed E-state index contributed by atoms with van der Waals surface area (Å²) in [5.41, 5.74) is 10.6. The van der Waals surface area contributed by atoms with Crippen molar-refractivity contribution in [2.45, 2.75) is 106 Å². The maximum absolute atomic E-state index is 5.80. The fourth-order valence-electron chi connectivity index (χ4n) is 4.58. The largest absolute Gasteiger partial charge is 0.496 e. The highest BCUT2D eigenvalue weighted by Crippen LogP contribution is 2.35. The molecule has 30 heavy (non-hydrogen) atoms. The highest BCUT2D eigenvalue weighted by Gasteiger charge is 2.18. The van der Waals surface area contributed by atoms with E-state index in [1.54, 1.807) is 7.11 Å². The maximum atomic E-state index is 5.80. The summed E-state index contributed by atoms with van der Waals surface area (Å²) in [7, 11) is 1.79. The predicted molar refractivity (Wildman–Crippen MR) is 131 cm³/mol. The van der Waals surface area contributed by atoms with Crippen molar-refractivity contribution in [2.24, 2.45) is 0 Å². The lowest BCUT2D eigenvalue weighted by Crippen LogP contribution is -2.07. The molecule has 2 rings (SSSR count). The lowest BCUT2D eigenvalue weighted by Gasteiger charge is -2.20. The van der Waals surface area contributed by atoms with Crippen LogP contribution in [0.2, 0.25) is 0 Å². The van der Waals surface area contributed by atoms with E-state index < -0.39 is 0 Å². The van der Waals surface area contributed by atoms with Crippen LogP contribution in [-0.4, -0.2) is 12.1 Å². The predicted octanol–water partition coefficient (Wildman–Crippen LogP) is 7.96. The molecule has 2 aromatic rings. The van der Waals surface area contributed by atoms with Crippen molar-refractivity contribution in [3.05, 3.63) is 45.6 Å². The fourth-order valence-corrected chi connectivity index (χ4v) is 4.58. The first-order chi connectivity index (χ1) is 14.5. The summed E-state index contributed by atoms with van der Waals surface area (Å²) in [4.78, 5) is 5.29. The molecule has 0 aliphatic carbocycles. The van der Waals surface area contributed by atoms with Gasteiger partial charge in [-0.15, -0.1) is 0 Å². The number of unbranched alkanes of at least 4 members (excludes halogenated alkanes) is 4. The van der Waals surface area contributed by atoms with E-state index in [-0.39, 0.29) is 0 Å². The monoisotopic (exact) mass is 409 g/mol. The minimum absolute atomic E-state index is 0.998. The van der Waals surface area contributed by atoms with E-state index in [0.29, 0.717) is 0 Å². The Morgan fingerprint density at radius 3 is 2.10 bits per heavy atom.